The maximum atomic E-state index is 12.7. The van der Waals surface area contributed by atoms with Gasteiger partial charge in [-0.1, -0.05) is 35.3 Å². The Hall–Kier alpha value is -2.80. The molecular weight excluding hydrogens is 427 g/mol. The Bertz CT molecular complexity index is 1180. The van der Waals surface area contributed by atoms with Gasteiger partial charge in [0.25, 0.3) is 11.9 Å². The quantitative estimate of drug-likeness (QED) is 0.481. The smallest absolute Gasteiger partial charge is 0.267 e. The fourth-order valence-electron chi connectivity index (χ4n) is 3.07. The van der Waals surface area contributed by atoms with Crippen molar-refractivity contribution in [2.75, 3.05) is 5.01 Å². The van der Waals surface area contributed by atoms with E-state index in [0.717, 1.165) is 16.1 Å². The number of carbonyl (C=O) groups excluding carboxylic acids is 1. The van der Waals surface area contributed by atoms with Crippen molar-refractivity contribution in [3.8, 4) is 0 Å². The zero-order chi connectivity index (χ0) is 20.0. The summed E-state index contributed by atoms with van der Waals surface area (Å²) in [4.78, 5) is 22.4. The van der Waals surface area contributed by atoms with E-state index in [4.69, 9.17) is 23.2 Å². The molecule has 5 rings (SSSR count). The highest BCUT2D eigenvalue weighted by Crippen LogP contribution is 2.38. The number of amides is 1. The second kappa shape index (κ2) is 7.22. The SMILES string of the molecule is O=C1N=C2N=C(c3ccc(Cl)cc3)N(c3ccc(Cl)cc3)N2Sc2ccccc21. The van der Waals surface area contributed by atoms with E-state index in [-0.39, 0.29) is 5.91 Å². The molecule has 0 atom stereocenters. The maximum absolute atomic E-state index is 12.7. The Morgan fingerprint density at radius 1 is 0.793 bits per heavy atom. The first kappa shape index (κ1) is 18.2. The maximum Gasteiger partial charge on any atom is 0.281 e. The van der Waals surface area contributed by atoms with Crippen molar-refractivity contribution in [2.45, 2.75) is 4.90 Å². The van der Waals surface area contributed by atoms with Crippen molar-refractivity contribution in [2.24, 2.45) is 9.98 Å². The standard InChI is InChI=1S/C21H12Cl2N4OS/c22-14-7-5-13(6-8-14)19-24-21-25-20(28)17-3-1-2-4-18(17)29-27(21)26(19)16-11-9-15(23)10-12-16/h1-12H. The lowest BCUT2D eigenvalue weighted by molar-refractivity contribution is 0.1000. The Morgan fingerprint density at radius 3 is 2.17 bits per heavy atom. The lowest BCUT2D eigenvalue weighted by atomic mass is 10.2. The normalized spacial score (nSPS) is 15.4. The highest BCUT2D eigenvalue weighted by Gasteiger charge is 2.37. The number of benzene rings is 3. The first-order chi connectivity index (χ1) is 14.1. The Kier molecular flexibility index (Phi) is 4.54. The van der Waals surface area contributed by atoms with Gasteiger partial charge in [0.15, 0.2) is 5.84 Å². The van der Waals surface area contributed by atoms with E-state index in [1.54, 1.807) is 18.2 Å². The van der Waals surface area contributed by atoms with Gasteiger partial charge in [0.1, 0.15) is 0 Å². The van der Waals surface area contributed by atoms with Crippen LogP contribution in [0.1, 0.15) is 15.9 Å². The van der Waals surface area contributed by atoms with Crippen molar-refractivity contribution in [1.29, 1.82) is 0 Å². The number of nitrogens with zero attached hydrogens (tertiary/aromatic N) is 4. The van der Waals surface area contributed by atoms with Crippen LogP contribution in [0.3, 0.4) is 0 Å². The molecule has 142 valence electrons. The summed E-state index contributed by atoms with van der Waals surface area (Å²) in [7, 11) is 0. The van der Waals surface area contributed by atoms with Crippen LogP contribution >= 0.6 is 35.1 Å². The van der Waals surface area contributed by atoms with Gasteiger partial charge in [-0.3, -0.25) is 4.79 Å². The number of aliphatic imine (C=N–C) groups is 2. The third kappa shape index (κ3) is 3.29. The monoisotopic (exact) mass is 438 g/mol. The molecule has 0 saturated carbocycles. The molecule has 0 saturated heterocycles. The molecule has 2 heterocycles. The van der Waals surface area contributed by atoms with Crippen LogP contribution in [0.15, 0.2) is 87.7 Å². The number of rotatable bonds is 2. The van der Waals surface area contributed by atoms with E-state index in [9.17, 15) is 4.79 Å². The molecule has 2 aliphatic rings. The van der Waals surface area contributed by atoms with E-state index in [0.29, 0.717) is 27.4 Å². The number of carbonyl (C=O) groups is 1. The average molecular weight is 439 g/mol. The van der Waals surface area contributed by atoms with Gasteiger partial charge in [-0.25, -0.2) is 5.01 Å². The van der Waals surface area contributed by atoms with Gasteiger partial charge < -0.3 is 0 Å². The third-order valence-corrected chi connectivity index (χ3v) is 5.99. The van der Waals surface area contributed by atoms with Crippen LogP contribution in [0.4, 0.5) is 5.69 Å². The summed E-state index contributed by atoms with van der Waals surface area (Å²) >= 11 is 13.5. The van der Waals surface area contributed by atoms with Crippen molar-refractivity contribution >= 4 is 58.5 Å². The molecule has 0 spiro atoms. The van der Waals surface area contributed by atoms with Crippen LogP contribution in [-0.2, 0) is 0 Å². The number of hydrogen-bond donors (Lipinski definition) is 0. The molecule has 0 aliphatic carbocycles. The van der Waals surface area contributed by atoms with Gasteiger partial charge in [-0.2, -0.15) is 14.4 Å². The summed E-state index contributed by atoms with van der Waals surface area (Å²) in [6, 6.07) is 22.2. The van der Waals surface area contributed by atoms with E-state index in [2.05, 4.69) is 9.98 Å². The molecule has 8 heteroatoms. The molecule has 2 aliphatic heterocycles. The molecule has 3 aromatic carbocycles. The molecule has 0 N–H and O–H groups in total. The molecule has 0 radical (unpaired) electrons. The number of fused-ring (bicyclic) bond motifs is 2. The molecule has 0 bridgehead atoms. The topological polar surface area (TPSA) is 48.3 Å². The molecule has 0 fully saturated rings. The van der Waals surface area contributed by atoms with E-state index in [1.807, 2.05) is 64.0 Å². The highest BCUT2D eigenvalue weighted by molar-refractivity contribution is 7.97. The van der Waals surface area contributed by atoms with Crippen molar-refractivity contribution in [3.63, 3.8) is 0 Å². The van der Waals surface area contributed by atoms with Gasteiger partial charge in [-0.05, 0) is 60.7 Å². The van der Waals surface area contributed by atoms with Crippen molar-refractivity contribution in [3.05, 3.63) is 94.0 Å². The summed E-state index contributed by atoms with van der Waals surface area (Å²) in [6.07, 6.45) is 0. The molecule has 0 aromatic heterocycles. The molecule has 5 nitrogen and oxygen atoms in total. The van der Waals surface area contributed by atoms with Crippen LogP contribution in [0.5, 0.6) is 0 Å². The summed E-state index contributed by atoms with van der Waals surface area (Å²) < 4.78 is 1.82. The lowest BCUT2D eigenvalue weighted by Gasteiger charge is -2.29. The van der Waals surface area contributed by atoms with Gasteiger partial charge in [-0.15, -0.1) is 0 Å². The number of halogens is 2. The lowest BCUT2D eigenvalue weighted by Crippen LogP contribution is -2.39. The average Bonchev–Trinajstić information content (AvgIpc) is 3.00. The molecule has 0 unspecified atom stereocenters. The Balaban J connectivity index is 1.67. The predicted octanol–water partition coefficient (Wildman–Crippen LogP) is 5.69. The van der Waals surface area contributed by atoms with Gasteiger partial charge in [0, 0.05) is 32.5 Å². The Labute approximate surface area is 181 Å². The summed E-state index contributed by atoms with van der Waals surface area (Å²) in [6.45, 7) is 0. The highest BCUT2D eigenvalue weighted by atomic mass is 35.5. The van der Waals surface area contributed by atoms with E-state index >= 15 is 0 Å². The summed E-state index contributed by atoms with van der Waals surface area (Å²) in [5, 5.41) is 3.19. The van der Waals surface area contributed by atoms with Crippen molar-refractivity contribution in [1.82, 2.24) is 4.41 Å². The number of hydrazine groups is 1. The number of amidine groups is 1. The van der Waals surface area contributed by atoms with Crippen LogP contribution < -0.4 is 5.01 Å². The summed E-state index contributed by atoms with van der Waals surface area (Å²) in [5.74, 6) is 0.640. The molecule has 1 amide bonds. The van der Waals surface area contributed by atoms with Gasteiger partial charge >= 0.3 is 0 Å². The van der Waals surface area contributed by atoms with Crippen LogP contribution in [0, 0.1) is 0 Å². The number of hydrogen-bond acceptors (Lipinski definition) is 5. The number of anilines is 1. The molecular formula is C21H12Cl2N4OS. The Morgan fingerprint density at radius 2 is 1.45 bits per heavy atom. The summed E-state index contributed by atoms with van der Waals surface area (Å²) in [5.41, 5.74) is 2.24. The number of guanidine groups is 1. The second-order valence-corrected chi connectivity index (χ2v) is 8.15. The minimum Gasteiger partial charge on any atom is -0.267 e. The molecule has 3 aromatic rings. The molecule has 29 heavy (non-hydrogen) atoms. The van der Waals surface area contributed by atoms with E-state index in [1.165, 1.54) is 11.9 Å². The minimum atomic E-state index is -0.317. The third-order valence-electron chi connectivity index (χ3n) is 4.44. The zero-order valence-corrected chi connectivity index (χ0v) is 17.1. The van der Waals surface area contributed by atoms with Crippen LogP contribution in [0.2, 0.25) is 10.0 Å². The van der Waals surface area contributed by atoms with Crippen LogP contribution in [0.25, 0.3) is 0 Å². The second-order valence-electron chi connectivity index (χ2n) is 6.31. The first-order valence-corrected chi connectivity index (χ1v) is 10.2. The fourth-order valence-corrected chi connectivity index (χ4v) is 4.32. The minimum absolute atomic E-state index is 0.316. The fraction of sp³-hybridized carbons (Fsp3) is 0. The first-order valence-electron chi connectivity index (χ1n) is 8.70. The van der Waals surface area contributed by atoms with E-state index < -0.39 is 0 Å². The van der Waals surface area contributed by atoms with Gasteiger partial charge in [0.2, 0.25) is 0 Å². The van der Waals surface area contributed by atoms with Crippen molar-refractivity contribution < 1.29 is 4.79 Å². The predicted molar refractivity (Wildman–Crippen MR) is 118 cm³/mol. The van der Waals surface area contributed by atoms with Crippen LogP contribution in [-0.4, -0.2) is 22.1 Å². The largest absolute Gasteiger partial charge is 0.281 e. The zero-order valence-electron chi connectivity index (χ0n) is 14.8. The van der Waals surface area contributed by atoms with Gasteiger partial charge in [0.05, 0.1) is 11.3 Å².